The minimum Gasteiger partial charge on any atom is -0.481 e. The Labute approximate surface area is 88.8 Å². The third-order valence-corrected chi connectivity index (χ3v) is 2.10. The van der Waals surface area contributed by atoms with Gasteiger partial charge in [0.25, 0.3) is 5.43 Å². The first-order valence-electron chi connectivity index (χ1n) is 4.34. The third kappa shape index (κ3) is 1.48. The summed E-state index contributed by atoms with van der Waals surface area (Å²) >= 11 is 0. The third-order valence-electron chi connectivity index (χ3n) is 2.10. The number of hydrogen-bond acceptors (Lipinski definition) is 5. The normalized spacial score (nSPS) is 10.3. The predicted molar refractivity (Wildman–Crippen MR) is 55.6 cm³/mol. The summed E-state index contributed by atoms with van der Waals surface area (Å²) in [5.74, 6) is 0.331. The maximum atomic E-state index is 11.6. The second-order valence-electron chi connectivity index (χ2n) is 3.01. The molecule has 0 spiro atoms. The lowest BCUT2D eigenvalue weighted by Crippen LogP contribution is -2.09. The summed E-state index contributed by atoms with van der Waals surface area (Å²) in [4.78, 5) is 28.0. The van der Waals surface area contributed by atoms with Crippen LogP contribution in [0.5, 0.6) is 5.88 Å². The van der Waals surface area contributed by atoms with Gasteiger partial charge >= 0.3 is 5.69 Å². The van der Waals surface area contributed by atoms with Crippen LogP contribution in [0.4, 0.5) is 5.69 Å². The number of nitro groups is 1. The molecule has 0 aliphatic rings. The number of pyridine rings is 2. The summed E-state index contributed by atoms with van der Waals surface area (Å²) in [6.07, 6.45) is 1.02. The van der Waals surface area contributed by atoms with Crippen molar-refractivity contribution < 1.29 is 9.66 Å². The van der Waals surface area contributed by atoms with Crippen LogP contribution in [0.25, 0.3) is 11.0 Å². The molecule has 0 saturated carbocycles. The lowest BCUT2D eigenvalue weighted by atomic mass is 10.2. The summed E-state index contributed by atoms with van der Waals surface area (Å²) in [5, 5.41) is 10.7. The van der Waals surface area contributed by atoms with Gasteiger partial charge < -0.3 is 9.72 Å². The summed E-state index contributed by atoms with van der Waals surface area (Å²) in [6.45, 7) is 0. The highest BCUT2D eigenvalue weighted by Crippen LogP contribution is 2.13. The van der Waals surface area contributed by atoms with Crippen LogP contribution in [-0.4, -0.2) is 22.0 Å². The summed E-state index contributed by atoms with van der Waals surface area (Å²) in [5.41, 5.74) is -0.900. The molecule has 0 amide bonds. The lowest BCUT2D eigenvalue weighted by Gasteiger charge is -2.00. The molecule has 2 aromatic rings. The van der Waals surface area contributed by atoms with E-state index in [2.05, 4.69) is 9.97 Å². The zero-order chi connectivity index (χ0) is 11.7. The molecule has 0 aliphatic carbocycles. The fraction of sp³-hybridized carbons (Fsp3) is 0.111. The number of aromatic amines is 1. The van der Waals surface area contributed by atoms with E-state index < -0.39 is 16.0 Å². The minimum atomic E-state index is -0.734. The van der Waals surface area contributed by atoms with Gasteiger partial charge in [0.1, 0.15) is 5.65 Å². The molecule has 0 unspecified atom stereocenters. The van der Waals surface area contributed by atoms with Gasteiger partial charge in [0.05, 0.1) is 23.6 Å². The van der Waals surface area contributed by atoms with Crippen LogP contribution in [0, 0.1) is 10.1 Å². The zero-order valence-corrected chi connectivity index (χ0v) is 8.26. The fourth-order valence-corrected chi connectivity index (χ4v) is 1.32. The maximum absolute atomic E-state index is 11.6. The molecule has 0 aliphatic heterocycles. The molecule has 1 N–H and O–H groups in total. The average molecular weight is 221 g/mol. The first-order chi connectivity index (χ1) is 7.63. The van der Waals surface area contributed by atoms with Crippen LogP contribution < -0.4 is 10.2 Å². The van der Waals surface area contributed by atoms with Crippen LogP contribution in [0.3, 0.4) is 0 Å². The van der Waals surface area contributed by atoms with Crippen LogP contribution in [0.15, 0.2) is 23.1 Å². The van der Waals surface area contributed by atoms with Gasteiger partial charge in [-0.15, -0.1) is 0 Å². The molecule has 16 heavy (non-hydrogen) atoms. The van der Waals surface area contributed by atoms with Gasteiger partial charge in [-0.3, -0.25) is 14.9 Å². The van der Waals surface area contributed by atoms with E-state index in [1.54, 1.807) is 0 Å². The summed E-state index contributed by atoms with van der Waals surface area (Å²) in [6, 6.07) is 2.91. The van der Waals surface area contributed by atoms with Crippen molar-refractivity contribution in [2.24, 2.45) is 0 Å². The van der Waals surface area contributed by atoms with Crippen molar-refractivity contribution in [3.8, 4) is 5.88 Å². The van der Waals surface area contributed by atoms with Gasteiger partial charge in [-0.25, -0.2) is 0 Å². The van der Waals surface area contributed by atoms with Gasteiger partial charge in [0.2, 0.25) is 5.88 Å². The van der Waals surface area contributed by atoms with E-state index in [0.717, 1.165) is 6.20 Å². The minimum absolute atomic E-state index is 0.162. The zero-order valence-electron chi connectivity index (χ0n) is 8.26. The van der Waals surface area contributed by atoms with Crippen LogP contribution in [-0.2, 0) is 0 Å². The van der Waals surface area contributed by atoms with Gasteiger partial charge in [-0.1, -0.05) is 0 Å². The van der Waals surface area contributed by atoms with E-state index in [9.17, 15) is 14.9 Å². The molecule has 7 nitrogen and oxygen atoms in total. The highest BCUT2D eigenvalue weighted by atomic mass is 16.6. The molecule has 82 valence electrons. The number of fused-ring (bicyclic) bond motifs is 1. The van der Waals surface area contributed by atoms with Crippen molar-refractivity contribution in [1.82, 2.24) is 9.97 Å². The lowest BCUT2D eigenvalue weighted by molar-refractivity contribution is -0.386. The standard InChI is InChI=1S/C9H7N3O4/c1-16-7-3-2-5-8(13)6(12(14)15)4-10-9(5)11-7/h2-4H,1H3,(H,10,11,13). The first-order valence-corrected chi connectivity index (χ1v) is 4.34. The Bertz CT molecular complexity index is 620. The quantitative estimate of drug-likeness (QED) is 0.598. The van der Waals surface area contributed by atoms with Crippen molar-refractivity contribution in [2.45, 2.75) is 0 Å². The van der Waals surface area contributed by atoms with Gasteiger partial charge in [0, 0.05) is 6.07 Å². The number of hydrogen-bond donors (Lipinski definition) is 1. The molecule has 0 fully saturated rings. The van der Waals surface area contributed by atoms with E-state index >= 15 is 0 Å². The summed E-state index contributed by atoms with van der Waals surface area (Å²) < 4.78 is 4.87. The molecule has 2 aromatic heterocycles. The van der Waals surface area contributed by atoms with E-state index in [1.165, 1.54) is 19.2 Å². The molecule has 0 aromatic carbocycles. The van der Waals surface area contributed by atoms with Crippen LogP contribution >= 0.6 is 0 Å². The highest BCUT2D eigenvalue weighted by Gasteiger charge is 2.15. The topological polar surface area (TPSA) is 98.1 Å². The maximum Gasteiger partial charge on any atom is 0.332 e. The summed E-state index contributed by atoms with van der Waals surface area (Å²) in [7, 11) is 1.44. The second-order valence-corrected chi connectivity index (χ2v) is 3.01. The van der Waals surface area contributed by atoms with Crippen molar-refractivity contribution in [3.63, 3.8) is 0 Å². The first kappa shape index (κ1) is 10.1. The Kier molecular flexibility index (Phi) is 2.28. The number of methoxy groups -OCH3 is 1. The highest BCUT2D eigenvalue weighted by molar-refractivity contribution is 5.77. The van der Waals surface area contributed by atoms with E-state index in [1.807, 2.05) is 0 Å². The Morgan fingerprint density at radius 2 is 2.25 bits per heavy atom. The van der Waals surface area contributed by atoms with E-state index in [-0.39, 0.29) is 11.0 Å². The Hall–Kier alpha value is -2.44. The van der Waals surface area contributed by atoms with Crippen molar-refractivity contribution in [3.05, 3.63) is 38.7 Å². The number of ether oxygens (including phenoxy) is 1. The Morgan fingerprint density at radius 3 is 2.88 bits per heavy atom. The molecule has 0 saturated heterocycles. The molecular formula is C9H7N3O4. The fourth-order valence-electron chi connectivity index (χ4n) is 1.32. The number of aromatic nitrogens is 2. The molecule has 7 heteroatoms. The smallest absolute Gasteiger partial charge is 0.332 e. The van der Waals surface area contributed by atoms with Crippen LogP contribution in [0.1, 0.15) is 0 Å². The SMILES string of the molecule is COc1ccc2c(=O)c([N+](=O)[O-])c[nH]c2n1. The second kappa shape index (κ2) is 3.61. The van der Waals surface area contributed by atoms with E-state index in [4.69, 9.17) is 4.74 Å². The number of H-pyrrole nitrogens is 1. The monoisotopic (exact) mass is 221 g/mol. The molecular weight excluding hydrogens is 214 g/mol. The van der Waals surface area contributed by atoms with Gasteiger partial charge in [0.15, 0.2) is 0 Å². The molecule has 0 radical (unpaired) electrons. The number of nitrogens with zero attached hydrogens (tertiary/aromatic N) is 2. The van der Waals surface area contributed by atoms with Crippen LogP contribution in [0.2, 0.25) is 0 Å². The van der Waals surface area contributed by atoms with Gasteiger partial charge in [-0.2, -0.15) is 4.98 Å². The largest absolute Gasteiger partial charge is 0.481 e. The number of rotatable bonds is 2. The molecule has 0 bridgehead atoms. The van der Waals surface area contributed by atoms with Crippen molar-refractivity contribution in [1.29, 1.82) is 0 Å². The molecule has 0 atom stereocenters. The van der Waals surface area contributed by atoms with Crippen molar-refractivity contribution >= 4 is 16.7 Å². The molecule has 2 rings (SSSR count). The molecule has 2 heterocycles. The Balaban J connectivity index is 2.77. The van der Waals surface area contributed by atoms with Crippen molar-refractivity contribution in [2.75, 3.05) is 7.11 Å². The van der Waals surface area contributed by atoms with Gasteiger partial charge in [-0.05, 0) is 6.07 Å². The average Bonchev–Trinajstić information content (AvgIpc) is 2.28. The predicted octanol–water partition coefficient (Wildman–Crippen LogP) is 0.840. The Morgan fingerprint density at radius 1 is 1.50 bits per heavy atom. The number of nitrogens with one attached hydrogen (secondary N) is 1. The van der Waals surface area contributed by atoms with E-state index in [0.29, 0.717) is 5.88 Å².